The first-order chi connectivity index (χ1) is 13.1. The van der Waals surface area contributed by atoms with Gasteiger partial charge in [0.1, 0.15) is 5.04 Å². The summed E-state index contributed by atoms with van der Waals surface area (Å²) in [6, 6.07) is 20.8. The summed E-state index contributed by atoms with van der Waals surface area (Å²) in [6.07, 6.45) is 3.67. The maximum Gasteiger partial charge on any atom is 0.100 e. The lowest BCUT2D eigenvalue weighted by Crippen LogP contribution is -2.11. The Kier molecular flexibility index (Phi) is 9.79. The van der Waals surface area contributed by atoms with Crippen LogP contribution in [0, 0.1) is 5.92 Å². The van der Waals surface area contributed by atoms with Gasteiger partial charge in [-0.3, -0.25) is 0 Å². The Morgan fingerprint density at radius 3 is 2.22 bits per heavy atom. The minimum atomic E-state index is 0.613. The average molecular weight is 398 g/mol. The van der Waals surface area contributed by atoms with Crippen LogP contribution >= 0.6 is 23.5 Å². The number of hydrogen-bond acceptors (Lipinski definition) is 3. The maximum atomic E-state index is 5.00. The van der Waals surface area contributed by atoms with Crippen molar-refractivity contribution in [1.82, 2.24) is 0 Å². The first-order valence-corrected chi connectivity index (χ1v) is 11.5. The van der Waals surface area contributed by atoms with Crippen molar-refractivity contribution >= 4 is 34.3 Å². The molecule has 0 fully saturated rings. The normalized spacial score (nSPS) is 13.8. The fourth-order valence-electron chi connectivity index (χ4n) is 2.76. The summed E-state index contributed by atoms with van der Waals surface area (Å²) in [4.78, 5) is 6.26. The van der Waals surface area contributed by atoms with Crippen LogP contribution in [0.4, 0.5) is 5.69 Å². The number of aliphatic imine (C=N–C) groups is 1. The quantitative estimate of drug-likeness (QED) is 0.239. The molecule has 0 N–H and O–H groups in total. The largest absolute Gasteiger partial charge is 0.242 e. The van der Waals surface area contributed by atoms with E-state index in [1.807, 2.05) is 17.8 Å². The van der Waals surface area contributed by atoms with Crippen LogP contribution in [0.25, 0.3) is 0 Å². The first kappa shape index (κ1) is 21.8. The van der Waals surface area contributed by atoms with Gasteiger partial charge in [-0.25, -0.2) is 4.99 Å². The SMILES string of the molecule is CCCC(CC(C)C)SC(=Nc1ccccc1)/C(C)=C/Sc1ccccc1. The molecule has 0 aliphatic rings. The topological polar surface area (TPSA) is 12.4 Å². The van der Waals surface area contributed by atoms with Crippen LogP contribution in [0.1, 0.15) is 47.0 Å². The highest BCUT2D eigenvalue weighted by Crippen LogP contribution is 2.31. The van der Waals surface area contributed by atoms with Crippen molar-refractivity contribution in [2.75, 3.05) is 0 Å². The molecular weight excluding hydrogens is 366 g/mol. The van der Waals surface area contributed by atoms with Gasteiger partial charge in [-0.2, -0.15) is 0 Å². The van der Waals surface area contributed by atoms with E-state index in [0.29, 0.717) is 11.2 Å². The number of thioether (sulfide) groups is 2. The lowest BCUT2D eigenvalue weighted by atomic mass is 10.1. The maximum absolute atomic E-state index is 5.00. The van der Waals surface area contributed by atoms with E-state index in [-0.39, 0.29) is 0 Å². The van der Waals surface area contributed by atoms with E-state index in [4.69, 9.17) is 4.99 Å². The van der Waals surface area contributed by atoms with Crippen molar-refractivity contribution in [3.05, 3.63) is 71.6 Å². The summed E-state index contributed by atoms with van der Waals surface area (Å²) in [5.74, 6) is 0.704. The second-order valence-electron chi connectivity index (χ2n) is 7.14. The van der Waals surface area contributed by atoms with Gasteiger partial charge in [0.25, 0.3) is 0 Å². The fraction of sp³-hybridized carbons (Fsp3) is 0.375. The zero-order valence-corrected chi connectivity index (χ0v) is 18.5. The summed E-state index contributed by atoms with van der Waals surface area (Å²) < 4.78 is 0. The summed E-state index contributed by atoms with van der Waals surface area (Å²) in [5, 5.41) is 3.99. The zero-order valence-electron chi connectivity index (χ0n) is 16.9. The van der Waals surface area contributed by atoms with Gasteiger partial charge in [0.15, 0.2) is 0 Å². The number of rotatable bonds is 9. The minimum absolute atomic E-state index is 0.613. The summed E-state index contributed by atoms with van der Waals surface area (Å²) in [6.45, 7) is 9.08. The molecule has 0 bridgehead atoms. The van der Waals surface area contributed by atoms with Crippen molar-refractivity contribution in [2.24, 2.45) is 10.9 Å². The van der Waals surface area contributed by atoms with Crippen LogP contribution in [0.3, 0.4) is 0 Å². The molecule has 2 aromatic rings. The van der Waals surface area contributed by atoms with Crippen LogP contribution in [0.15, 0.2) is 81.5 Å². The molecule has 1 atom stereocenters. The van der Waals surface area contributed by atoms with Gasteiger partial charge in [-0.05, 0) is 60.9 Å². The second-order valence-corrected chi connectivity index (χ2v) is 9.37. The molecule has 0 heterocycles. The molecule has 0 spiro atoms. The van der Waals surface area contributed by atoms with Gasteiger partial charge in [-0.1, -0.05) is 75.4 Å². The first-order valence-electron chi connectivity index (χ1n) is 9.77. The molecule has 144 valence electrons. The Morgan fingerprint density at radius 1 is 1.00 bits per heavy atom. The van der Waals surface area contributed by atoms with E-state index < -0.39 is 0 Å². The van der Waals surface area contributed by atoms with E-state index in [1.54, 1.807) is 11.8 Å². The molecule has 0 saturated carbocycles. The Hall–Kier alpha value is -1.45. The Balaban J connectivity index is 2.24. The smallest absolute Gasteiger partial charge is 0.100 e. The highest BCUT2D eigenvalue weighted by atomic mass is 32.2. The molecule has 3 heteroatoms. The van der Waals surface area contributed by atoms with Gasteiger partial charge in [-0.15, -0.1) is 11.8 Å². The fourth-order valence-corrected chi connectivity index (χ4v) is 5.13. The highest BCUT2D eigenvalue weighted by molar-refractivity contribution is 8.15. The Bertz CT molecular complexity index is 721. The van der Waals surface area contributed by atoms with Crippen LogP contribution in [-0.4, -0.2) is 10.3 Å². The third-order valence-corrected chi connectivity index (χ3v) is 6.48. The van der Waals surface area contributed by atoms with Crippen molar-refractivity contribution < 1.29 is 0 Å². The molecule has 0 aliphatic heterocycles. The molecule has 2 aromatic carbocycles. The number of benzene rings is 2. The van der Waals surface area contributed by atoms with E-state index in [0.717, 1.165) is 10.7 Å². The van der Waals surface area contributed by atoms with Crippen LogP contribution < -0.4 is 0 Å². The van der Waals surface area contributed by atoms with E-state index in [2.05, 4.69) is 87.7 Å². The average Bonchev–Trinajstić information content (AvgIpc) is 2.67. The second kappa shape index (κ2) is 12.1. The molecule has 0 aliphatic carbocycles. The van der Waals surface area contributed by atoms with Gasteiger partial charge in [0.05, 0.1) is 5.69 Å². The molecule has 27 heavy (non-hydrogen) atoms. The number of hydrogen-bond donors (Lipinski definition) is 0. The molecule has 1 nitrogen and oxygen atoms in total. The van der Waals surface area contributed by atoms with Crippen LogP contribution in [-0.2, 0) is 0 Å². The number of para-hydroxylation sites is 1. The van der Waals surface area contributed by atoms with E-state index in [9.17, 15) is 0 Å². The lowest BCUT2D eigenvalue weighted by Gasteiger charge is -2.19. The minimum Gasteiger partial charge on any atom is -0.242 e. The predicted molar refractivity (Wildman–Crippen MR) is 125 cm³/mol. The number of nitrogens with zero attached hydrogens (tertiary/aromatic N) is 1. The predicted octanol–water partition coefficient (Wildman–Crippen LogP) is 8.36. The molecular formula is C24H31NS2. The van der Waals surface area contributed by atoms with Gasteiger partial charge in [0.2, 0.25) is 0 Å². The van der Waals surface area contributed by atoms with Gasteiger partial charge >= 0.3 is 0 Å². The summed E-state index contributed by atoms with van der Waals surface area (Å²) in [5.41, 5.74) is 2.26. The lowest BCUT2D eigenvalue weighted by molar-refractivity contribution is 0.547. The van der Waals surface area contributed by atoms with Crippen LogP contribution in [0.5, 0.6) is 0 Å². The van der Waals surface area contributed by atoms with E-state index in [1.165, 1.54) is 29.7 Å². The van der Waals surface area contributed by atoms with E-state index >= 15 is 0 Å². The third-order valence-electron chi connectivity index (χ3n) is 4.06. The molecule has 1 unspecified atom stereocenters. The molecule has 0 saturated heterocycles. The summed E-state index contributed by atoms with van der Waals surface area (Å²) >= 11 is 3.71. The third kappa shape index (κ3) is 8.40. The molecule has 0 radical (unpaired) electrons. The zero-order chi connectivity index (χ0) is 19.5. The Morgan fingerprint density at radius 2 is 1.63 bits per heavy atom. The highest BCUT2D eigenvalue weighted by Gasteiger charge is 2.16. The monoisotopic (exact) mass is 397 g/mol. The van der Waals surface area contributed by atoms with Gasteiger partial charge < -0.3 is 0 Å². The summed E-state index contributed by atoms with van der Waals surface area (Å²) in [7, 11) is 0. The standard InChI is InChI=1S/C24H31NS2/c1-5-12-23(17-19(2)3)27-24(25-21-13-8-6-9-14-21)20(4)18-26-22-15-10-7-11-16-22/h6-11,13-16,18-19,23H,5,12,17H2,1-4H3/b20-18+,25-24?. The van der Waals surface area contributed by atoms with Crippen molar-refractivity contribution in [2.45, 2.75) is 57.1 Å². The molecule has 0 aromatic heterocycles. The van der Waals surface area contributed by atoms with Gasteiger partial charge in [0, 0.05) is 10.1 Å². The van der Waals surface area contributed by atoms with Crippen LogP contribution in [0.2, 0.25) is 0 Å². The Labute approximate surface area is 173 Å². The molecule has 0 amide bonds. The van der Waals surface area contributed by atoms with Crippen molar-refractivity contribution in [1.29, 1.82) is 0 Å². The molecule has 2 rings (SSSR count). The van der Waals surface area contributed by atoms with Crippen molar-refractivity contribution in [3.63, 3.8) is 0 Å². The van der Waals surface area contributed by atoms with Crippen molar-refractivity contribution in [3.8, 4) is 0 Å².